The number of hydrogen-bond acceptors (Lipinski definition) is 5. The molecule has 0 saturated carbocycles. The second-order valence-electron chi connectivity index (χ2n) is 6.15. The fourth-order valence-corrected chi connectivity index (χ4v) is 3.15. The number of para-hydroxylation sites is 1. The van der Waals surface area contributed by atoms with Gasteiger partial charge in [-0.25, -0.2) is 9.97 Å². The van der Waals surface area contributed by atoms with Crippen LogP contribution in [0.4, 0.5) is 11.5 Å². The number of rotatable bonds is 4. The van der Waals surface area contributed by atoms with Gasteiger partial charge in [-0.3, -0.25) is 9.78 Å². The third-order valence-corrected chi connectivity index (χ3v) is 4.43. The molecule has 1 aliphatic rings. The first-order chi connectivity index (χ1) is 12.8. The lowest BCUT2D eigenvalue weighted by molar-refractivity contribution is 0.0945. The van der Waals surface area contributed by atoms with E-state index in [9.17, 15) is 4.79 Å². The van der Waals surface area contributed by atoms with E-state index in [1.807, 2.05) is 24.3 Å². The van der Waals surface area contributed by atoms with Crippen molar-refractivity contribution in [3.63, 3.8) is 0 Å². The first kappa shape index (κ1) is 16.2. The Morgan fingerprint density at radius 3 is 2.85 bits per heavy atom. The minimum absolute atomic E-state index is 0.232. The number of fused-ring (bicyclic) bond motifs is 1. The van der Waals surface area contributed by atoms with E-state index in [0.717, 1.165) is 36.6 Å². The quantitative estimate of drug-likeness (QED) is 0.787. The molecule has 1 amide bonds. The van der Waals surface area contributed by atoms with Gasteiger partial charge in [-0.05, 0) is 36.6 Å². The SMILES string of the molecule is O=C(NCc1ccccn1)c1cc(N2CCCc3ccccc32)ncn1. The van der Waals surface area contributed by atoms with Crippen molar-refractivity contribution in [2.75, 3.05) is 11.4 Å². The molecule has 4 rings (SSSR count). The van der Waals surface area contributed by atoms with Gasteiger partial charge < -0.3 is 10.2 Å². The van der Waals surface area contributed by atoms with Crippen LogP contribution in [0.15, 0.2) is 61.1 Å². The highest BCUT2D eigenvalue weighted by Crippen LogP contribution is 2.32. The van der Waals surface area contributed by atoms with Gasteiger partial charge in [0, 0.05) is 24.5 Å². The molecule has 0 fully saturated rings. The Balaban J connectivity index is 1.53. The number of pyridine rings is 1. The number of aromatic nitrogens is 3. The lowest BCUT2D eigenvalue weighted by atomic mass is 10.0. The summed E-state index contributed by atoms with van der Waals surface area (Å²) in [6.45, 7) is 1.24. The topological polar surface area (TPSA) is 71.0 Å². The molecule has 1 N–H and O–H groups in total. The van der Waals surface area contributed by atoms with Crippen LogP contribution in [-0.4, -0.2) is 27.4 Å². The van der Waals surface area contributed by atoms with Gasteiger partial charge in [-0.1, -0.05) is 24.3 Å². The number of aryl methyl sites for hydroxylation is 1. The maximum atomic E-state index is 12.5. The largest absolute Gasteiger partial charge is 0.345 e. The average Bonchev–Trinajstić information content (AvgIpc) is 2.72. The van der Waals surface area contributed by atoms with E-state index in [4.69, 9.17) is 0 Å². The Labute approximate surface area is 151 Å². The molecule has 0 aliphatic carbocycles. The van der Waals surface area contributed by atoms with Gasteiger partial charge >= 0.3 is 0 Å². The van der Waals surface area contributed by atoms with E-state index < -0.39 is 0 Å². The summed E-state index contributed by atoms with van der Waals surface area (Å²) < 4.78 is 0. The summed E-state index contributed by atoms with van der Waals surface area (Å²) in [5, 5.41) is 2.85. The molecular formula is C20H19N5O. The normalized spacial score (nSPS) is 13.2. The van der Waals surface area contributed by atoms with Crippen LogP contribution in [0.3, 0.4) is 0 Å². The highest BCUT2D eigenvalue weighted by molar-refractivity contribution is 5.93. The van der Waals surface area contributed by atoms with Gasteiger partial charge in [-0.2, -0.15) is 0 Å². The molecule has 1 aromatic carbocycles. The third kappa shape index (κ3) is 3.39. The summed E-state index contributed by atoms with van der Waals surface area (Å²) in [6, 6.07) is 15.7. The van der Waals surface area contributed by atoms with Gasteiger partial charge in [0.25, 0.3) is 5.91 Å². The highest BCUT2D eigenvalue weighted by Gasteiger charge is 2.20. The van der Waals surface area contributed by atoms with Crippen LogP contribution in [0.25, 0.3) is 0 Å². The number of anilines is 2. The van der Waals surface area contributed by atoms with Crippen molar-refractivity contribution in [3.05, 3.63) is 78.0 Å². The van der Waals surface area contributed by atoms with Crippen LogP contribution >= 0.6 is 0 Å². The molecule has 6 nitrogen and oxygen atoms in total. The molecular weight excluding hydrogens is 326 g/mol. The third-order valence-electron chi connectivity index (χ3n) is 4.43. The predicted octanol–water partition coefficient (Wildman–Crippen LogP) is 2.89. The van der Waals surface area contributed by atoms with Crippen molar-refractivity contribution in [3.8, 4) is 0 Å². The van der Waals surface area contributed by atoms with Crippen LogP contribution in [0.5, 0.6) is 0 Å². The van der Waals surface area contributed by atoms with Crippen LogP contribution < -0.4 is 10.2 Å². The Kier molecular flexibility index (Phi) is 4.55. The lowest BCUT2D eigenvalue weighted by Gasteiger charge is -2.30. The minimum atomic E-state index is -0.232. The van der Waals surface area contributed by atoms with E-state index in [0.29, 0.717) is 12.2 Å². The van der Waals surface area contributed by atoms with Crippen molar-refractivity contribution in [1.82, 2.24) is 20.3 Å². The Hall–Kier alpha value is -3.28. The summed E-state index contributed by atoms with van der Waals surface area (Å²) in [4.78, 5) is 27.3. The maximum absolute atomic E-state index is 12.5. The molecule has 6 heteroatoms. The molecule has 0 spiro atoms. The van der Waals surface area contributed by atoms with Crippen LogP contribution in [0.1, 0.15) is 28.2 Å². The van der Waals surface area contributed by atoms with E-state index in [1.54, 1.807) is 12.3 Å². The standard InChI is InChI=1S/C20H19N5O/c26-20(22-13-16-8-3-4-10-21-16)17-12-19(24-14-23-17)25-11-5-7-15-6-1-2-9-18(15)25/h1-4,6,8-10,12,14H,5,7,11,13H2,(H,22,26). The lowest BCUT2D eigenvalue weighted by Crippen LogP contribution is -2.27. The van der Waals surface area contributed by atoms with Crippen LogP contribution in [-0.2, 0) is 13.0 Å². The molecule has 0 saturated heterocycles. The molecule has 0 bridgehead atoms. The summed E-state index contributed by atoms with van der Waals surface area (Å²) in [7, 11) is 0. The van der Waals surface area contributed by atoms with Crippen molar-refractivity contribution >= 4 is 17.4 Å². The molecule has 3 heterocycles. The van der Waals surface area contributed by atoms with Crippen molar-refractivity contribution in [2.24, 2.45) is 0 Å². The summed E-state index contributed by atoms with van der Waals surface area (Å²) in [5.41, 5.74) is 3.62. The number of hydrogen-bond donors (Lipinski definition) is 1. The fourth-order valence-electron chi connectivity index (χ4n) is 3.15. The van der Waals surface area contributed by atoms with E-state index in [1.165, 1.54) is 11.9 Å². The van der Waals surface area contributed by atoms with Gasteiger partial charge in [0.05, 0.1) is 12.2 Å². The van der Waals surface area contributed by atoms with E-state index in [-0.39, 0.29) is 5.91 Å². The van der Waals surface area contributed by atoms with Gasteiger partial charge in [0.15, 0.2) is 0 Å². The highest BCUT2D eigenvalue weighted by atomic mass is 16.1. The summed E-state index contributed by atoms with van der Waals surface area (Å²) in [5.74, 6) is 0.514. The molecule has 26 heavy (non-hydrogen) atoms. The van der Waals surface area contributed by atoms with Crippen molar-refractivity contribution in [1.29, 1.82) is 0 Å². The number of nitrogens with one attached hydrogen (secondary N) is 1. The maximum Gasteiger partial charge on any atom is 0.270 e. The summed E-state index contributed by atoms with van der Waals surface area (Å²) >= 11 is 0. The number of amides is 1. The Bertz CT molecular complexity index is 913. The number of carbonyl (C=O) groups is 1. The van der Waals surface area contributed by atoms with E-state index >= 15 is 0 Å². The Morgan fingerprint density at radius 1 is 1.08 bits per heavy atom. The number of benzene rings is 1. The molecule has 1 aliphatic heterocycles. The smallest absolute Gasteiger partial charge is 0.270 e. The summed E-state index contributed by atoms with van der Waals surface area (Å²) in [6.07, 6.45) is 5.28. The molecule has 3 aromatic rings. The first-order valence-electron chi connectivity index (χ1n) is 8.67. The average molecular weight is 345 g/mol. The van der Waals surface area contributed by atoms with E-state index in [2.05, 4.69) is 43.4 Å². The van der Waals surface area contributed by atoms with Crippen LogP contribution in [0, 0.1) is 0 Å². The van der Waals surface area contributed by atoms with Crippen LogP contribution in [0.2, 0.25) is 0 Å². The van der Waals surface area contributed by atoms with Gasteiger partial charge in [0.1, 0.15) is 17.8 Å². The predicted molar refractivity (Wildman–Crippen MR) is 99.2 cm³/mol. The monoisotopic (exact) mass is 345 g/mol. The molecule has 2 aromatic heterocycles. The second-order valence-corrected chi connectivity index (χ2v) is 6.15. The van der Waals surface area contributed by atoms with Crippen molar-refractivity contribution in [2.45, 2.75) is 19.4 Å². The molecule has 130 valence electrons. The van der Waals surface area contributed by atoms with Gasteiger partial charge in [0.2, 0.25) is 0 Å². The van der Waals surface area contributed by atoms with Crippen molar-refractivity contribution < 1.29 is 4.79 Å². The number of carbonyl (C=O) groups excluding carboxylic acids is 1. The van der Waals surface area contributed by atoms with Gasteiger partial charge in [-0.15, -0.1) is 0 Å². The minimum Gasteiger partial charge on any atom is -0.345 e. The Morgan fingerprint density at radius 2 is 1.96 bits per heavy atom. The fraction of sp³-hybridized carbons (Fsp3) is 0.200. The number of nitrogens with zero attached hydrogens (tertiary/aromatic N) is 4. The first-order valence-corrected chi connectivity index (χ1v) is 8.67. The zero-order valence-corrected chi connectivity index (χ0v) is 14.3. The second kappa shape index (κ2) is 7.31. The zero-order valence-electron chi connectivity index (χ0n) is 14.3. The zero-order chi connectivity index (χ0) is 17.8. The molecule has 0 atom stereocenters. The molecule has 0 radical (unpaired) electrons. The molecule has 0 unspecified atom stereocenters.